The highest BCUT2D eigenvalue weighted by Gasteiger charge is 2.28. The van der Waals surface area contributed by atoms with E-state index in [4.69, 9.17) is 13.9 Å². The average Bonchev–Trinajstić information content (AvgIpc) is 2.92. The highest BCUT2D eigenvalue weighted by Crippen LogP contribution is 2.34. The van der Waals surface area contributed by atoms with Gasteiger partial charge in [0.25, 0.3) is 0 Å². The Hall–Kier alpha value is -1.94. The van der Waals surface area contributed by atoms with E-state index in [0.717, 1.165) is 0 Å². The molecule has 0 aliphatic heterocycles. The lowest BCUT2D eigenvalue weighted by Crippen LogP contribution is -2.22. The predicted molar refractivity (Wildman–Crippen MR) is 66.9 cm³/mol. The molecule has 4 heteroatoms. The smallest absolute Gasteiger partial charge is 0.122 e. The first-order valence-electron chi connectivity index (χ1n) is 5.56. The Morgan fingerprint density at radius 2 is 1.67 bits per heavy atom. The van der Waals surface area contributed by atoms with E-state index in [1.807, 2.05) is 0 Å². The lowest BCUT2D eigenvalue weighted by molar-refractivity contribution is 0.101. The fourth-order valence-corrected chi connectivity index (χ4v) is 1.80. The van der Waals surface area contributed by atoms with Gasteiger partial charge in [-0.2, -0.15) is 0 Å². The number of rotatable bonds is 4. The van der Waals surface area contributed by atoms with E-state index in [9.17, 15) is 5.11 Å². The third-order valence-corrected chi connectivity index (χ3v) is 3.00. The summed E-state index contributed by atoms with van der Waals surface area (Å²) in [5, 5.41) is 10.6. The summed E-state index contributed by atoms with van der Waals surface area (Å²) >= 11 is 0. The maximum absolute atomic E-state index is 10.6. The maximum Gasteiger partial charge on any atom is 0.122 e. The summed E-state index contributed by atoms with van der Waals surface area (Å²) in [4.78, 5) is 0. The topological polar surface area (TPSA) is 51.8 Å². The van der Waals surface area contributed by atoms with Gasteiger partial charge in [-0.3, -0.25) is 0 Å². The predicted octanol–water partition coefficient (Wildman–Crippen LogP) is 2.55. The molecule has 1 unspecified atom stereocenters. The zero-order valence-corrected chi connectivity index (χ0v) is 10.6. The van der Waals surface area contributed by atoms with Crippen LogP contribution in [0.5, 0.6) is 11.5 Å². The van der Waals surface area contributed by atoms with Crippen LogP contribution in [0.3, 0.4) is 0 Å². The van der Waals surface area contributed by atoms with Crippen molar-refractivity contribution >= 4 is 0 Å². The molecular formula is C14H16O4. The number of ether oxygens (including phenoxy) is 2. The third-order valence-electron chi connectivity index (χ3n) is 3.00. The van der Waals surface area contributed by atoms with Crippen LogP contribution in [0.1, 0.15) is 18.1 Å². The Morgan fingerprint density at radius 3 is 2.11 bits per heavy atom. The Morgan fingerprint density at radius 1 is 1.06 bits per heavy atom. The summed E-state index contributed by atoms with van der Waals surface area (Å²) < 4.78 is 15.4. The van der Waals surface area contributed by atoms with Gasteiger partial charge in [0.1, 0.15) is 17.1 Å². The number of hydrogen-bond donors (Lipinski definition) is 1. The molecule has 2 aromatic rings. The molecule has 0 radical (unpaired) electrons. The summed E-state index contributed by atoms with van der Waals surface area (Å²) in [6, 6.07) is 7.03. The highest BCUT2D eigenvalue weighted by molar-refractivity contribution is 5.44. The van der Waals surface area contributed by atoms with Crippen molar-refractivity contribution < 1.29 is 19.0 Å². The molecule has 1 heterocycles. The molecule has 0 bridgehead atoms. The van der Waals surface area contributed by atoms with Gasteiger partial charge in [-0.1, -0.05) is 0 Å². The second-order valence-corrected chi connectivity index (χ2v) is 4.19. The van der Waals surface area contributed by atoms with Gasteiger partial charge in [-0.15, -0.1) is 0 Å². The molecule has 4 nitrogen and oxygen atoms in total. The summed E-state index contributed by atoms with van der Waals surface area (Å²) in [6.07, 6.45) is 3.05. The lowest BCUT2D eigenvalue weighted by Gasteiger charge is -2.23. The summed E-state index contributed by atoms with van der Waals surface area (Å²) in [5.74, 6) is 1.27. The van der Waals surface area contributed by atoms with Crippen LogP contribution >= 0.6 is 0 Å². The minimum atomic E-state index is -1.16. The molecule has 18 heavy (non-hydrogen) atoms. The van der Waals surface area contributed by atoms with Crippen molar-refractivity contribution in [2.75, 3.05) is 14.2 Å². The SMILES string of the molecule is COc1cc(OC)cc(C(C)(O)c2ccoc2)c1. The van der Waals surface area contributed by atoms with E-state index >= 15 is 0 Å². The molecule has 0 saturated heterocycles. The number of furan rings is 1. The zero-order chi connectivity index (χ0) is 13.2. The average molecular weight is 248 g/mol. The van der Waals surface area contributed by atoms with Gasteiger partial charge in [-0.05, 0) is 30.7 Å². The number of aliphatic hydroxyl groups is 1. The van der Waals surface area contributed by atoms with Crippen molar-refractivity contribution in [3.05, 3.63) is 47.9 Å². The zero-order valence-electron chi connectivity index (χ0n) is 10.6. The molecule has 0 spiro atoms. The van der Waals surface area contributed by atoms with E-state index in [0.29, 0.717) is 22.6 Å². The van der Waals surface area contributed by atoms with E-state index < -0.39 is 5.60 Å². The van der Waals surface area contributed by atoms with Crippen LogP contribution in [0.4, 0.5) is 0 Å². The van der Waals surface area contributed by atoms with Crippen molar-refractivity contribution in [2.24, 2.45) is 0 Å². The van der Waals surface area contributed by atoms with Gasteiger partial charge in [-0.25, -0.2) is 0 Å². The Bertz CT molecular complexity index is 492. The Labute approximate surface area is 106 Å². The molecule has 0 saturated carbocycles. The summed E-state index contributed by atoms with van der Waals surface area (Å²) in [5.41, 5.74) is 0.201. The molecule has 1 aromatic heterocycles. The van der Waals surface area contributed by atoms with Crippen LogP contribution < -0.4 is 9.47 Å². The number of methoxy groups -OCH3 is 2. The van der Waals surface area contributed by atoms with Crippen LogP contribution in [0.15, 0.2) is 41.2 Å². The molecule has 96 valence electrons. The monoisotopic (exact) mass is 248 g/mol. The minimum Gasteiger partial charge on any atom is -0.497 e. The largest absolute Gasteiger partial charge is 0.497 e. The third kappa shape index (κ3) is 2.19. The van der Waals surface area contributed by atoms with Crippen molar-refractivity contribution in [1.29, 1.82) is 0 Å². The second-order valence-electron chi connectivity index (χ2n) is 4.19. The van der Waals surface area contributed by atoms with E-state index in [1.165, 1.54) is 12.5 Å². The molecule has 1 atom stereocenters. The summed E-state index contributed by atoms with van der Waals surface area (Å²) in [7, 11) is 3.15. The molecule has 1 aromatic carbocycles. The normalized spacial score (nSPS) is 14.0. The van der Waals surface area contributed by atoms with E-state index in [-0.39, 0.29) is 0 Å². The fraction of sp³-hybridized carbons (Fsp3) is 0.286. The quantitative estimate of drug-likeness (QED) is 0.903. The minimum absolute atomic E-state index is 0.633. The van der Waals surface area contributed by atoms with E-state index in [1.54, 1.807) is 45.4 Å². The van der Waals surface area contributed by atoms with Crippen LogP contribution in [0, 0.1) is 0 Å². The van der Waals surface area contributed by atoms with Crippen LogP contribution in [0.25, 0.3) is 0 Å². The van der Waals surface area contributed by atoms with Crippen molar-refractivity contribution in [3.8, 4) is 11.5 Å². The van der Waals surface area contributed by atoms with Crippen LogP contribution in [-0.4, -0.2) is 19.3 Å². The maximum atomic E-state index is 10.6. The first-order valence-corrected chi connectivity index (χ1v) is 5.56. The number of hydrogen-bond acceptors (Lipinski definition) is 4. The molecule has 0 amide bonds. The van der Waals surface area contributed by atoms with Gasteiger partial charge < -0.3 is 19.0 Å². The van der Waals surface area contributed by atoms with Gasteiger partial charge in [0.15, 0.2) is 0 Å². The lowest BCUT2D eigenvalue weighted by atomic mass is 9.90. The molecule has 0 fully saturated rings. The summed E-state index contributed by atoms with van der Waals surface area (Å²) in [6.45, 7) is 1.70. The Balaban J connectivity index is 2.49. The van der Waals surface area contributed by atoms with Gasteiger partial charge in [0, 0.05) is 11.6 Å². The molecular weight excluding hydrogens is 232 g/mol. The van der Waals surface area contributed by atoms with E-state index in [2.05, 4.69) is 0 Å². The van der Waals surface area contributed by atoms with Crippen LogP contribution in [0.2, 0.25) is 0 Å². The second kappa shape index (κ2) is 4.74. The van der Waals surface area contributed by atoms with Crippen LogP contribution in [-0.2, 0) is 5.60 Å². The van der Waals surface area contributed by atoms with Crippen molar-refractivity contribution in [3.63, 3.8) is 0 Å². The van der Waals surface area contributed by atoms with Gasteiger partial charge >= 0.3 is 0 Å². The first-order chi connectivity index (χ1) is 8.57. The molecule has 0 aliphatic rings. The van der Waals surface area contributed by atoms with Gasteiger partial charge in [0.05, 0.1) is 26.7 Å². The highest BCUT2D eigenvalue weighted by atomic mass is 16.5. The van der Waals surface area contributed by atoms with Crippen molar-refractivity contribution in [1.82, 2.24) is 0 Å². The standard InChI is InChI=1S/C14H16O4/c1-14(15,10-4-5-18-9-10)11-6-12(16-2)8-13(7-11)17-3/h4-9,15H,1-3H3. The molecule has 2 rings (SSSR count). The molecule has 0 aliphatic carbocycles. The number of benzene rings is 1. The Kier molecular flexibility index (Phi) is 3.30. The van der Waals surface area contributed by atoms with Crippen molar-refractivity contribution in [2.45, 2.75) is 12.5 Å². The fourth-order valence-electron chi connectivity index (χ4n) is 1.80. The van der Waals surface area contributed by atoms with Gasteiger partial charge in [0.2, 0.25) is 0 Å². The molecule has 1 N–H and O–H groups in total. The first kappa shape index (κ1) is 12.5.